The molecule has 0 saturated heterocycles. The number of ketones is 2. The molecule has 1 aromatic rings. The van der Waals surface area contributed by atoms with E-state index in [4.69, 9.17) is 0 Å². The van der Waals surface area contributed by atoms with E-state index in [9.17, 15) is 24.9 Å². The Labute approximate surface area is 195 Å². The largest absolute Gasteiger partial charge is 0.504 e. The number of aliphatic hydroxyl groups is 1. The van der Waals surface area contributed by atoms with E-state index in [0.717, 1.165) is 36.8 Å². The maximum absolute atomic E-state index is 13.4. The summed E-state index contributed by atoms with van der Waals surface area (Å²) < 4.78 is 0. The topological polar surface area (TPSA) is 94.8 Å². The molecule has 0 radical (unpaired) electrons. The van der Waals surface area contributed by atoms with Crippen LogP contribution in [0.2, 0.25) is 0 Å². The highest BCUT2D eigenvalue weighted by Gasteiger charge is 2.67. The Morgan fingerprint density at radius 1 is 0.970 bits per heavy atom. The van der Waals surface area contributed by atoms with Gasteiger partial charge < -0.3 is 15.3 Å². The van der Waals surface area contributed by atoms with E-state index in [1.54, 1.807) is 26.0 Å². The molecule has 0 amide bonds. The molecule has 3 saturated carbocycles. The molecule has 0 bridgehead atoms. The summed E-state index contributed by atoms with van der Waals surface area (Å²) in [5, 5.41) is 31.7. The molecule has 1 aromatic carbocycles. The van der Waals surface area contributed by atoms with E-state index in [1.165, 1.54) is 0 Å². The van der Waals surface area contributed by atoms with Crippen LogP contribution in [0, 0.1) is 29.1 Å². The number of hydrogen-bond donors (Lipinski definition) is 3. The van der Waals surface area contributed by atoms with Gasteiger partial charge in [0.2, 0.25) is 0 Å². The lowest BCUT2D eigenvalue weighted by molar-refractivity contribution is -0.182. The Kier molecular flexibility index (Phi) is 4.32. The molecule has 6 atom stereocenters. The number of aromatic hydroxyl groups is 2. The van der Waals surface area contributed by atoms with Crippen molar-refractivity contribution in [2.24, 2.45) is 22.2 Å². The van der Waals surface area contributed by atoms with Crippen molar-refractivity contribution in [3.05, 3.63) is 34.4 Å². The van der Waals surface area contributed by atoms with E-state index < -0.39 is 11.0 Å². The minimum Gasteiger partial charge on any atom is -0.504 e. The van der Waals surface area contributed by atoms with Crippen molar-refractivity contribution >= 4 is 11.6 Å². The Balaban J connectivity index is 1.69. The molecule has 0 aliphatic heterocycles. The molecule has 4 aliphatic carbocycles. The third-order valence-electron chi connectivity index (χ3n) is 10.8. The molecule has 3 fully saturated rings. The quantitative estimate of drug-likeness (QED) is 0.475. The van der Waals surface area contributed by atoms with Gasteiger partial charge in [-0.1, -0.05) is 27.7 Å². The number of phenolic OH excluding ortho intramolecular Hbond substituents is 2. The van der Waals surface area contributed by atoms with E-state index in [2.05, 4.69) is 27.7 Å². The lowest BCUT2D eigenvalue weighted by atomic mass is 9.35. The summed E-state index contributed by atoms with van der Waals surface area (Å²) in [5.41, 5.74) is 0.504. The van der Waals surface area contributed by atoms with Crippen LogP contribution >= 0.6 is 0 Å². The fraction of sp³-hybridized carbons (Fsp3) is 0.643. The lowest BCUT2D eigenvalue weighted by Crippen LogP contribution is -2.64. The average Bonchev–Trinajstić information content (AvgIpc) is 2.72. The number of allylic oxidation sites excluding steroid dienone is 2. The van der Waals surface area contributed by atoms with Crippen LogP contribution in [0.3, 0.4) is 0 Å². The van der Waals surface area contributed by atoms with Gasteiger partial charge in [0, 0.05) is 23.0 Å². The van der Waals surface area contributed by atoms with Gasteiger partial charge in [0.1, 0.15) is 5.60 Å². The Hall–Kier alpha value is -2.14. The summed E-state index contributed by atoms with van der Waals surface area (Å²) in [6, 6.07) is 1.59. The zero-order valence-electron chi connectivity index (χ0n) is 20.6. The van der Waals surface area contributed by atoms with Gasteiger partial charge in [-0.15, -0.1) is 0 Å². The van der Waals surface area contributed by atoms with Crippen LogP contribution in [0.25, 0.3) is 0 Å². The number of phenols is 2. The smallest absolute Gasteiger partial charge is 0.186 e. The van der Waals surface area contributed by atoms with E-state index >= 15 is 0 Å². The highest BCUT2D eigenvalue weighted by atomic mass is 16.3. The fourth-order valence-electron chi connectivity index (χ4n) is 8.39. The summed E-state index contributed by atoms with van der Waals surface area (Å²) in [5.74, 6) is -0.417. The molecule has 0 spiro atoms. The van der Waals surface area contributed by atoms with Crippen LogP contribution in [0.15, 0.2) is 17.7 Å². The molecular weight excluding hydrogens is 416 g/mol. The van der Waals surface area contributed by atoms with Crippen LogP contribution in [0.1, 0.15) is 94.6 Å². The minimum atomic E-state index is -1.31. The molecule has 4 aliphatic rings. The predicted molar refractivity (Wildman–Crippen MR) is 125 cm³/mol. The highest BCUT2D eigenvalue weighted by molar-refractivity contribution is 6.10. The number of Topliss-reactive ketones (excluding diaryl/α,β-unsaturated/α-hetero) is 1. The molecule has 5 rings (SSSR count). The normalized spacial score (nSPS) is 44.3. The van der Waals surface area contributed by atoms with Crippen molar-refractivity contribution < 1.29 is 24.9 Å². The molecule has 33 heavy (non-hydrogen) atoms. The van der Waals surface area contributed by atoms with E-state index in [0.29, 0.717) is 24.0 Å². The van der Waals surface area contributed by atoms with Gasteiger partial charge >= 0.3 is 0 Å². The standard InChI is InChI=1S/C28H36O5/c1-15-22-16(11-18(30)23(15)32)25(3)8-10-27(5)20-13-28(6,33)21(31)14-24(20,2)7-9-26(27,4)19(25)12-17(22)29/h11-12,20,30,32-33H,7-10,13-14H2,1-6H3. The maximum Gasteiger partial charge on any atom is 0.186 e. The molecular formula is C28H36O5. The molecule has 5 heteroatoms. The third kappa shape index (κ3) is 2.58. The van der Waals surface area contributed by atoms with Gasteiger partial charge in [-0.2, -0.15) is 0 Å². The van der Waals surface area contributed by atoms with Gasteiger partial charge in [-0.25, -0.2) is 0 Å². The summed E-state index contributed by atoms with van der Waals surface area (Å²) in [7, 11) is 0. The summed E-state index contributed by atoms with van der Waals surface area (Å²) in [4.78, 5) is 26.1. The van der Waals surface area contributed by atoms with Gasteiger partial charge in [-0.05, 0) is 91.4 Å². The predicted octanol–water partition coefficient (Wildman–Crippen LogP) is 5.12. The minimum absolute atomic E-state index is 0.0548. The molecule has 0 aromatic heterocycles. The molecule has 0 heterocycles. The van der Waals surface area contributed by atoms with Crippen molar-refractivity contribution in [1.82, 2.24) is 0 Å². The zero-order chi connectivity index (χ0) is 24.4. The second-order valence-electron chi connectivity index (χ2n) is 12.6. The van der Waals surface area contributed by atoms with E-state index in [-0.39, 0.29) is 45.2 Å². The summed E-state index contributed by atoms with van der Waals surface area (Å²) >= 11 is 0. The molecule has 6 unspecified atom stereocenters. The number of benzene rings is 1. The first-order chi connectivity index (χ1) is 15.1. The second kappa shape index (κ2) is 6.29. The Bertz CT molecular complexity index is 1150. The van der Waals surface area contributed by atoms with Crippen molar-refractivity contribution in [2.45, 2.75) is 91.1 Å². The first kappa shape index (κ1) is 22.6. The van der Waals surface area contributed by atoms with Crippen LogP contribution < -0.4 is 0 Å². The summed E-state index contributed by atoms with van der Waals surface area (Å²) in [6.45, 7) is 12.3. The molecule has 3 N–H and O–H groups in total. The maximum atomic E-state index is 13.4. The van der Waals surface area contributed by atoms with E-state index in [1.807, 2.05) is 0 Å². The van der Waals surface area contributed by atoms with Crippen molar-refractivity contribution in [3.63, 3.8) is 0 Å². The van der Waals surface area contributed by atoms with Crippen molar-refractivity contribution in [3.8, 4) is 11.5 Å². The monoisotopic (exact) mass is 452 g/mol. The number of rotatable bonds is 0. The van der Waals surface area contributed by atoms with Crippen LogP contribution in [-0.4, -0.2) is 32.5 Å². The van der Waals surface area contributed by atoms with Crippen molar-refractivity contribution in [2.75, 3.05) is 0 Å². The second-order valence-corrected chi connectivity index (χ2v) is 12.6. The Morgan fingerprint density at radius 2 is 1.64 bits per heavy atom. The first-order valence-electron chi connectivity index (χ1n) is 12.2. The highest BCUT2D eigenvalue weighted by Crippen LogP contribution is 2.73. The average molecular weight is 453 g/mol. The first-order valence-corrected chi connectivity index (χ1v) is 12.2. The Morgan fingerprint density at radius 3 is 2.30 bits per heavy atom. The number of carbonyl (C=O) groups excluding carboxylic acids is 2. The SMILES string of the molecule is Cc1c(O)c(O)cc2c1C(=O)C=C1C2(C)CCC2(C)C3CC(C)(O)C(=O)CC3(C)CCC12C. The zero-order valence-corrected chi connectivity index (χ0v) is 20.6. The number of carbonyl (C=O) groups is 2. The van der Waals surface area contributed by atoms with Crippen molar-refractivity contribution in [1.29, 1.82) is 0 Å². The fourth-order valence-corrected chi connectivity index (χ4v) is 8.39. The van der Waals surface area contributed by atoms with Gasteiger partial charge in [-0.3, -0.25) is 9.59 Å². The lowest BCUT2D eigenvalue weighted by Gasteiger charge is -2.69. The van der Waals surface area contributed by atoms with Gasteiger partial charge in [0.15, 0.2) is 23.1 Å². The van der Waals surface area contributed by atoms with Crippen LogP contribution in [-0.2, 0) is 10.2 Å². The molecule has 5 nitrogen and oxygen atoms in total. The van der Waals surface area contributed by atoms with Gasteiger partial charge in [0.05, 0.1) is 0 Å². The number of fused-ring (bicyclic) bond motifs is 7. The number of hydrogen-bond acceptors (Lipinski definition) is 5. The van der Waals surface area contributed by atoms with Crippen LogP contribution in [0.4, 0.5) is 0 Å². The van der Waals surface area contributed by atoms with Gasteiger partial charge in [0.25, 0.3) is 0 Å². The summed E-state index contributed by atoms with van der Waals surface area (Å²) in [6.07, 6.45) is 6.11. The van der Waals surface area contributed by atoms with Crippen LogP contribution in [0.5, 0.6) is 11.5 Å². The third-order valence-corrected chi connectivity index (χ3v) is 10.8. The molecule has 178 valence electrons.